The largest absolute Gasteiger partial charge is 0.494 e. The fraction of sp³-hybridized carbons (Fsp3) is 0.267. The van der Waals surface area contributed by atoms with Crippen molar-refractivity contribution in [1.29, 1.82) is 0 Å². The van der Waals surface area contributed by atoms with Gasteiger partial charge >= 0.3 is 0 Å². The molecule has 184 valence electrons. The molecule has 6 nitrogen and oxygen atoms in total. The molecule has 36 heavy (non-hydrogen) atoms. The lowest BCUT2D eigenvalue weighted by Gasteiger charge is -2.17. The lowest BCUT2D eigenvalue weighted by atomic mass is 10.0. The van der Waals surface area contributed by atoms with E-state index in [1.165, 1.54) is 5.56 Å². The molecule has 5 rings (SSSR count). The summed E-state index contributed by atoms with van der Waals surface area (Å²) < 4.78 is 5.55. The lowest BCUT2D eigenvalue weighted by Crippen LogP contribution is -2.36. The summed E-state index contributed by atoms with van der Waals surface area (Å²) >= 11 is 0. The average molecular weight is 482 g/mol. The Kier molecular flexibility index (Phi) is 7.26. The van der Waals surface area contributed by atoms with Crippen molar-refractivity contribution in [2.75, 3.05) is 6.61 Å². The molecule has 1 aliphatic carbocycles. The van der Waals surface area contributed by atoms with Crippen LogP contribution in [0, 0.1) is 0 Å². The third-order valence-corrected chi connectivity index (χ3v) is 6.70. The molecule has 0 spiro atoms. The Morgan fingerprint density at radius 1 is 1.00 bits per heavy atom. The minimum absolute atomic E-state index is 0.0656. The molecule has 3 atom stereocenters. The third-order valence-electron chi connectivity index (χ3n) is 6.70. The van der Waals surface area contributed by atoms with Gasteiger partial charge in [0.1, 0.15) is 5.75 Å². The van der Waals surface area contributed by atoms with Gasteiger partial charge in [-0.15, -0.1) is 0 Å². The van der Waals surface area contributed by atoms with Crippen molar-refractivity contribution in [1.82, 2.24) is 15.6 Å². The topological polar surface area (TPSA) is 83.5 Å². The van der Waals surface area contributed by atoms with Crippen LogP contribution in [-0.2, 0) is 6.54 Å². The molecule has 0 aliphatic heterocycles. The smallest absolute Gasteiger partial charge is 0.252 e. The number of carbonyl (C=O) groups excluding carboxylic acids is 1. The lowest BCUT2D eigenvalue weighted by molar-refractivity contribution is 0.0935. The number of rotatable bonds is 8. The Morgan fingerprint density at radius 2 is 1.75 bits per heavy atom. The van der Waals surface area contributed by atoms with Gasteiger partial charge in [0.05, 0.1) is 29.5 Å². The van der Waals surface area contributed by atoms with Crippen molar-refractivity contribution in [3.63, 3.8) is 0 Å². The Labute approximate surface area is 211 Å². The Bertz CT molecular complexity index is 1320. The van der Waals surface area contributed by atoms with Crippen molar-refractivity contribution in [3.8, 4) is 17.0 Å². The molecular weight excluding hydrogens is 450 g/mol. The zero-order valence-corrected chi connectivity index (χ0v) is 20.4. The van der Waals surface area contributed by atoms with E-state index >= 15 is 0 Å². The van der Waals surface area contributed by atoms with Gasteiger partial charge in [-0.05, 0) is 61.7 Å². The number of aliphatic hydroxyl groups is 1. The molecule has 0 saturated heterocycles. The van der Waals surface area contributed by atoms with Gasteiger partial charge in [0.15, 0.2) is 0 Å². The van der Waals surface area contributed by atoms with Crippen LogP contribution in [0.4, 0.5) is 0 Å². The number of aliphatic hydroxyl groups excluding tert-OH is 1. The van der Waals surface area contributed by atoms with E-state index in [-0.39, 0.29) is 18.0 Å². The molecule has 0 unspecified atom stereocenters. The first kappa shape index (κ1) is 24.0. The maximum Gasteiger partial charge on any atom is 0.252 e. The number of carbonyl (C=O) groups is 1. The number of pyridine rings is 1. The summed E-state index contributed by atoms with van der Waals surface area (Å²) in [6, 6.07) is 27.2. The van der Waals surface area contributed by atoms with Gasteiger partial charge in [0, 0.05) is 29.6 Å². The number of fused-ring (bicyclic) bond motifs is 1. The standard InChI is InChI=1S/C30H31N3O3/c1-2-36-23-14-12-21(13-15-23)27-18-25(24-10-6-7-11-26(24)33-27)30(35)32-22-16-28(29(34)17-22)31-19-20-8-4-3-5-9-20/h3-15,18,22,28-29,31,34H,2,16-17,19H2,1H3,(H,32,35)/t22-,28+,29+/m0/s1. The average Bonchev–Trinajstić information content (AvgIpc) is 3.26. The molecule has 1 heterocycles. The van der Waals surface area contributed by atoms with Crippen molar-refractivity contribution < 1.29 is 14.6 Å². The second kappa shape index (κ2) is 10.9. The fourth-order valence-corrected chi connectivity index (χ4v) is 4.86. The second-order valence-corrected chi connectivity index (χ2v) is 9.21. The quantitative estimate of drug-likeness (QED) is 0.339. The van der Waals surface area contributed by atoms with E-state index < -0.39 is 6.10 Å². The molecule has 1 amide bonds. The maximum absolute atomic E-state index is 13.5. The number of ether oxygens (including phenoxy) is 1. The van der Waals surface area contributed by atoms with Crippen LogP contribution in [0.25, 0.3) is 22.2 Å². The summed E-state index contributed by atoms with van der Waals surface area (Å²) in [5.41, 5.74) is 4.17. The SMILES string of the molecule is CCOc1ccc(-c2cc(C(=O)N[C@@H]3C[C@@H](O)[C@H](NCc4ccccc4)C3)c3ccccc3n2)cc1. The van der Waals surface area contributed by atoms with Crippen molar-refractivity contribution in [3.05, 3.63) is 96.1 Å². The first-order valence-corrected chi connectivity index (χ1v) is 12.5. The Balaban J connectivity index is 1.33. The molecule has 1 aromatic heterocycles. The highest BCUT2D eigenvalue weighted by Gasteiger charge is 2.33. The molecule has 0 bridgehead atoms. The molecule has 3 aromatic carbocycles. The number of benzene rings is 3. The molecule has 1 fully saturated rings. The van der Waals surface area contributed by atoms with E-state index in [9.17, 15) is 9.90 Å². The van der Waals surface area contributed by atoms with Crippen LogP contribution in [0.5, 0.6) is 5.75 Å². The normalized spacial score (nSPS) is 19.3. The molecule has 1 aliphatic rings. The van der Waals surface area contributed by atoms with E-state index in [0.29, 0.717) is 31.6 Å². The first-order chi connectivity index (χ1) is 17.6. The highest BCUT2D eigenvalue weighted by Crippen LogP contribution is 2.27. The van der Waals surface area contributed by atoms with E-state index in [0.717, 1.165) is 27.9 Å². The Morgan fingerprint density at radius 3 is 2.53 bits per heavy atom. The van der Waals surface area contributed by atoms with E-state index in [4.69, 9.17) is 9.72 Å². The van der Waals surface area contributed by atoms with Gasteiger partial charge in [-0.3, -0.25) is 4.79 Å². The monoisotopic (exact) mass is 481 g/mol. The summed E-state index contributed by atoms with van der Waals surface area (Å²) in [4.78, 5) is 18.3. The number of hydrogen-bond acceptors (Lipinski definition) is 5. The minimum atomic E-state index is -0.507. The number of nitrogens with one attached hydrogen (secondary N) is 2. The predicted molar refractivity (Wildman–Crippen MR) is 142 cm³/mol. The van der Waals surface area contributed by atoms with Crippen molar-refractivity contribution >= 4 is 16.8 Å². The third kappa shape index (κ3) is 5.40. The number of aromatic nitrogens is 1. The van der Waals surface area contributed by atoms with Crippen LogP contribution in [0.1, 0.15) is 35.7 Å². The van der Waals surface area contributed by atoms with E-state index in [1.807, 2.05) is 79.7 Å². The molecule has 6 heteroatoms. The number of hydrogen-bond donors (Lipinski definition) is 3. The molecule has 3 N–H and O–H groups in total. The predicted octanol–water partition coefficient (Wildman–Crippen LogP) is 4.71. The van der Waals surface area contributed by atoms with Gasteiger partial charge in [0.25, 0.3) is 5.91 Å². The van der Waals surface area contributed by atoms with Crippen LogP contribution in [0.3, 0.4) is 0 Å². The summed E-state index contributed by atoms with van der Waals surface area (Å²) in [6.07, 6.45) is 0.689. The van der Waals surface area contributed by atoms with E-state index in [2.05, 4.69) is 22.8 Å². The second-order valence-electron chi connectivity index (χ2n) is 9.21. The van der Waals surface area contributed by atoms with Gasteiger partial charge < -0.3 is 20.5 Å². The van der Waals surface area contributed by atoms with Gasteiger partial charge in [-0.25, -0.2) is 4.98 Å². The number of para-hydroxylation sites is 1. The highest BCUT2D eigenvalue weighted by molar-refractivity contribution is 6.07. The number of amides is 1. The fourth-order valence-electron chi connectivity index (χ4n) is 4.86. The van der Waals surface area contributed by atoms with Crippen molar-refractivity contribution in [2.24, 2.45) is 0 Å². The zero-order chi connectivity index (χ0) is 24.9. The summed E-state index contributed by atoms with van der Waals surface area (Å²) in [5, 5.41) is 18.0. The highest BCUT2D eigenvalue weighted by atomic mass is 16.5. The van der Waals surface area contributed by atoms with Crippen LogP contribution in [0.2, 0.25) is 0 Å². The summed E-state index contributed by atoms with van der Waals surface area (Å²) in [6.45, 7) is 3.24. The molecule has 1 saturated carbocycles. The van der Waals surface area contributed by atoms with Gasteiger partial charge in [0.2, 0.25) is 0 Å². The van der Waals surface area contributed by atoms with Crippen LogP contribution in [0.15, 0.2) is 84.9 Å². The van der Waals surface area contributed by atoms with E-state index in [1.54, 1.807) is 0 Å². The molecule has 4 aromatic rings. The van der Waals surface area contributed by atoms with Crippen LogP contribution >= 0.6 is 0 Å². The van der Waals surface area contributed by atoms with Gasteiger partial charge in [-0.1, -0.05) is 48.5 Å². The summed E-state index contributed by atoms with van der Waals surface area (Å²) in [5.74, 6) is 0.650. The minimum Gasteiger partial charge on any atom is -0.494 e. The van der Waals surface area contributed by atoms with Crippen molar-refractivity contribution in [2.45, 2.75) is 44.5 Å². The summed E-state index contributed by atoms with van der Waals surface area (Å²) in [7, 11) is 0. The van der Waals surface area contributed by atoms with Crippen LogP contribution in [-0.4, -0.2) is 40.8 Å². The zero-order valence-electron chi connectivity index (χ0n) is 20.4. The Hall–Kier alpha value is -3.74. The van der Waals surface area contributed by atoms with Crippen LogP contribution < -0.4 is 15.4 Å². The van der Waals surface area contributed by atoms with Gasteiger partial charge in [-0.2, -0.15) is 0 Å². The number of nitrogens with zero attached hydrogens (tertiary/aromatic N) is 1. The molecule has 0 radical (unpaired) electrons. The maximum atomic E-state index is 13.5. The molecular formula is C30H31N3O3. The first-order valence-electron chi connectivity index (χ1n) is 12.5.